The van der Waals surface area contributed by atoms with Crippen molar-refractivity contribution in [2.45, 2.75) is 13.0 Å². The van der Waals surface area contributed by atoms with Gasteiger partial charge >= 0.3 is 6.09 Å². The average Bonchev–Trinajstić information content (AvgIpc) is 3.02. The quantitative estimate of drug-likeness (QED) is 0.789. The van der Waals surface area contributed by atoms with Crippen molar-refractivity contribution in [3.63, 3.8) is 0 Å². The lowest BCUT2D eigenvalue weighted by Crippen LogP contribution is -2.34. The van der Waals surface area contributed by atoms with Crippen molar-refractivity contribution < 1.29 is 19.4 Å². The molecule has 0 aliphatic carbocycles. The maximum atomic E-state index is 12.2. The van der Waals surface area contributed by atoms with Crippen LogP contribution in [0.4, 0.5) is 9.80 Å². The lowest BCUT2D eigenvalue weighted by Gasteiger charge is -2.23. The molecule has 138 valence electrons. The molecule has 1 aliphatic heterocycles. The monoisotopic (exact) mass is 383 g/mol. The van der Waals surface area contributed by atoms with Crippen molar-refractivity contribution >= 4 is 34.4 Å². The number of benzene rings is 1. The highest BCUT2D eigenvalue weighted by atomic mass is 32.1. The SMILES string of the molecule is COc1ccc(C=CC(=O)Nc2sc3c(c2C#N)CCN(C(=O)O)C3)cc1. The second kappa shape index (κ2) is 7.93. The number of ether oxygens (including phenoxy) is 1. The van der Waals surface area contributed by atoms with E-state index in [0.717, 1.165) is 21.8 Å². The zero-order valence-electron chi connectivity index (χ0n) is 14.6. The number of carbonyl (C=O) groups is 2. The summed E-state index contributed by atoms with van der Waals surface area (Å²) in [4.78, 5) is 25.5. The van der Waals surface area contributed by atoms with Crippen LogP contribution in [0.5, 0.6) is 5.75 Å². The number of nitrogens with zero attached hydrogens (tertiary/aromatic N) is 2. The Labute approximate surface area is 160 Å². The van der Waals surface area contributed by atoms with E-state index in [1.807, 2.05) is 12.1 Å². The van der Waals surface area contributed by atoms with Crippen LogP contribution < -0.4 is 10.1 Å². The van der Waals surface area contributed by atoms with Crippen LogP contribution in [0.15, 0.2) is 30.3 Å². The van der Waals surface area contributed by atoms with Gasteiger partial charge in [-0.3, -0.25) is 4.79 Å². The third-order valence-electron chi connectivity index (χ3n) is 4.22. The molecule has 1 aliphatic rings. The summed E-state index contributed by atoms with van der Waals surface area (Å²) < 4.78 is 5.09. The molecule has 27 heavy (non-hydrogen) atoms. The van der Waals surface area contributed by atoms with Gasteiger partial charge in [-0.25, -0.2) is 4.79 Å². The summed E-state index contributed by atoms with van der Waals surface area (Å²) in [5.74, 6) is 0.380. The standard InChI is InChI=1S/C19H17N3O4S/c1-26-13-5-2-12(3-6-13)4-7-17(23)21-18-15(10-20)14-8-9-22(19(24)25)11-16(14)27-18/h2-7H,8-9,11H2,1H3,(H,21,23)(H,24,25). The van der Waals surface area contributed by atoms with Gasteiger partial charge in [0.25, 0.3) is 0 Å². The maximum absolute atomic E-state index is 12.2. The van der Waals surface area contributed by atoms with Gasteiger partial charge in [-0.1, -0.05) is 12.1 Å². The summed E-state index contributed by atoms with van der Waals surface area (Å²) >= 11 is 1.25. The molecule has 8 heteroatoms. The molecule has 0 bridgehead atoms. The number of amides is 2. The predicted octanol–water partition coefficient (Wildman–Crippen LogP) is 3.32. The van der Waals surface area contributed by atoms with Crippen LogP contribution in [0.2, 0.25) is 0 Å². The maximum Gasteiger partial charge on any atom is 0.407 e. The molecule has 2 aromatic rings. The lowest BCUT2D eigenvalue weighted by atomic mass is 10.0. The van der Waals surface area contributed by atoms with Crippen LogP contribution in [0.3, 0.4) is 0 Å². The summed E-state index contributed by atoms with van der Waals surface area (Å²) in [5, 5.41) is 21.8. The number of fused-ring (bicyclic) bond motifs is 1. The molecular weight excluding hydrogens is 366 g/mol. The molecule has 0 spiro atoms. The zero-order valence-corrected chi connectivity index (χ0v) is 15.4. The van der Waals surface area contributed by atoms with Gasteiger partial charge in [0, 0.05) is 17.5 Å². The second-order valence-corrected chi connectivity index (χ2v) is 6.97. The number of carbonyl (C=O) groups excluding carboxylic acids is 1. The number of hydrogen-bond acceptors (Lipinski definition) is 5. The third-order valence-corrected chi connectivity index (χ3v) is 5.35. The predicted molar refractivity (Wildman–Crippen MR) is 102 cm³/mol. The number of rotatable bonds is 4. The molecule has 7 nitrogen and oxygen atoms in total. The molecule has 3 rings (SSSR count). The smallest absolute Gasteiger partial charge is 0.407 e. The summed E-state index contributed by atoms with van der Waals surface area (Å²) in [6.45, 7) is 0.583. The van der Waals surface area contributed by atoms with Crippen LogP contribution in [0.25, 0.3) is 6.08 Å². The highest BCUT2D eigenvalue weighted by Gasteiger charge is 2.27. The summed E-state index contributed by atoms with van der Waals surface area (Å²) in [7, 11) is 1.58. The molecule has 0 radical (unpaired) electrons. The zero-order chi connectivity index (χ0) is 19.4. The average molecular weight is 383 g/mol. The number of anilines is 1. The van der Waals surface area contributed by atoms with Gasteiger partial charge in [-0.2, -0.15) is 5.26 Å². The number of nitrogens with one attached hydrogen (secondary N) is 1. The van der Waals surface area contributed by atoms with Crippen molar-refractivity contribution in [3.05, 3.63) is 51.9 Å². The van der Waals surface area contributed by atoms with Gasteiger partial charge < -0.3 is 20.1 Å². The normalized spacial score (nSPS) is 13.1. The van der Waals surface area contributed by atoms with Crippen LogP contribution >= 0.6 is 11.3 Å². The first-order valence-corrected chi connectivity index (χ1v) is 8.99. The fraction of sp³-hybridized carbons (Fsp3) is 0.211. The van der Waals surface area contributed by atoms with E-state index < -0.39 is 6.09 Å². The van der Waals surface area contributed by atoms with Gasteiger partial charge in [0.05, 0.1) is 19.2 Å². The van der Waals surface area contributed by atoms with E-state index in [2.05, 4.69) is 11.4 Å². The van der Waals surface area contributed by atoms with Gasteiger partial charge in [0.15, 0.2) is 0 Å². The fourth-order valence-corrected chi connectivity index (χ4v) is 4.03. The molecular formula is C19H17N3O4S. The molecule has 1 aromatic heterocycles. The number of hydrogen-bond donors (Lipinski definition) is 2. The summed E-state index contributed by atoms with van der Waals surface area (Å²) in [6.07, 6.45) is 2.55. The van der Waals surface area contributed by atoms with Crippen molar-refractivity contribution in [1.82, 2.24) is 4.90 Å². The Morgan fingerprint density at radius 3 is 2.74 bits per heavy atom. The van der Waals surface area contributed by atoms with E-state index in [0.29, 0.717) is 23.5 Å². The van der Waals surface area contributed by atoms with Crippen LogP contribution in [-0.4, -0.2) is 35.7 Å². The first-order chi connectivity index (χ1) is 13.0. The molecule has 0 unspecified atom stereocenters. The third kappa shape index (κ3) is 4.10. The fourth-order valence-electron chi connectivity index (χ4n) is 2.81. The van der Waals surface area contributed by atoms with E-state index in [4.69, 9.17) is 9.84 Å². The van der Waals surface area contributed by atoms with E-state index in [-0.39, 0.29) is 12.5 Å². The minimum absolute atomic E-state index is 0.238. The largest absolute Gasteiger partial charge is 0.497 e. The van der Waals surface area contributed by atoms with E-state index >= 15 is 0 Å². The van der Waals surface area contributed by atoms with Crippen LogP contribution in [-0.2, 0) is 17.8 Å². The Balaban J connectivity index is 1.73. The highest BCUT2D eigenvalue weighted by Crippen LogP contribution is 2.36. The van der Waals surface area contributed by atoms with Crippen LogP contribution in [0, 0.1) is 11.3 Å². The van der Waals surface area contributed by atoms with Gasteiger partial charge in [0.2, 0.25) is 5.91 Å². The molecule has 0 saturated heterocycles. The van der Waals surface area contributed by atoms with Crippen molar-refractivity contribution in [2.24, 2.45) is 0 Å². The number of methoxy groups -OCH3 is 1. The molecule has 2 amide bonds. The van der Waals surface area contributed by atoms with Crippen LogP contribution in [0.1, 0.15) is 21.6 Å². The Hall–Kier alpha value is -3.31. The van der Waals surface area contributed by atoms with E-state index in [1.54, 1.807) is 25.3 Å². The minimum atomic E-state index is -0.986. The Morgan fingerprint density at radius 1 is 1.37 bits per heavy atom. The molecule has 0 saturated carbocycles. The second-order valence-electron chi connectivity index (χ2n) is 5.87. The Morgan fingerprint density at radius 2 is 2.11 bits per heavy atom. The lowest BCUT2D eigenvalue weighted by molar-refractivity contribution is -0.111. The van der Waals surface area contributed by atoms with Crippen molar-refractivity contribution in [2.75, 3.05) is 19.0 Å². The molecule has 0 atom stereocenters. The Kier molecular flexibility index (Phi) is 5.43. The number of nitriles is 1. The number of thiophene rings is 1. The van der Waals surface area contributed by atoms with Crippen molar-refractivity contribution in [3.8, 4) is 11.8 Å². The van der Waals surface area contributed by atoms with E-state index in [1.165, 1.54) is 22.3 Å². The Bertz CT molecular complexity index is 941. The van der Waals surface area contributed by atoms with Gasteiger partial charge in [0.1, 0.15) is 16.8 Å². The summed E-state index contributed by atoms with van der Waals surface area (Å²) in [5.41, 5.74) is 2.09. The first kappa shape index (κ1) is 18.5. The topological polar surface area (TPSA) is 103 Å². The summed E-state index contributed by atoms with van der Waals surface area (Å²) in [6, 6.07) is 9.38. The minimum Gasteiger partial charge on any atom is -0.497 e. The first-order valence-electron chi connectivity index (χ1n) is 8.17. The van der Waals surface area contributed by atoms with Gasteiger partial charge in [-0.05, 0) is 35.8 Å². The molecule has 2 heterocycles. The van der Waals surface area contributed by atoms with Crippen molar-refractivity contribution in [1.29, 1.82) is 5.26 Å². The number of carboxylic acid groups (broad SMARTS) is 1. The van der Waals surface area contributed by atoms with Gasteiger partial charge in [-0.15, -0.1) is 11.3 Å². The highest BCUT2D eigenvalue weighted by molar-refractivity contribution is 7.16. The molecule has 1 aromatic carbocycles. The molecule has 2 N–H and O–H groups in total. The van der Waals surface area contributed by atoms with E-state index in [9.17, 15) is 14.9 Å². The molecule has 0 fully saturated rings.